The van der Waals surface area contributed by atoms with Gasteiger partial charge in [-0.25, -0.2) is 4.39 Å². The van der Waals surface area contributed by atoms with Gasteiger partial charge in [0.05, 0.1) is 6.61 Å². The Bertz CT molecular complexity index is 558. The molecule has 0 fully saturated rings. The van der Waals surface area contributed by atoms with Gasteiger partial charge in [0.2, 0.25) is 0 Å². The van der Waals surface area contributed by atoms with E-state index in [4.69, 9.17) is 4.74 Å². The Balaban J connectivity index is 2.12. The molecule has 0 saturated heterocycles. The summed E-state index contributed by atoms with van der Waals surface area (Å²) < 4.78 is 18.3. The number of anilines is 1. The van der Waals surface area contributed by atoms with E-state index in [1.807, 2.05) is 24.3 Å². The molecule has 0 amide bonds. The molecule has 0 spiro atoms. The van der Waals surface area contributed by atoms with Crippen molar-refractivity contribution in [2.75, 3.05) is 12.4 Å². The highest BCUT2D eigenvalue weighted by Crippen LogP contribution is 2.23. The Hall–Kier alpha value is -2.07. The first kappa shape index (κ1) is 13.4. The maximum atomic E-state index is 13.2. The number of benzene rings is 2. The van der Waals surface area contributed by atoms with E-state index in [0.717, 1.165) is 11.3 Å². The average Bonchev–Trinajstić information content (AvgIpc) is 2.42. The van der Waals surface area contributed by atoms with Crippen LogP contribution in [-0.2, 0) is 17.9 Å². The number of nitrogens with one attached hydrogen (secondary N) is 1. The summed E-state index contributed by atoms with van der Waals surface area (Å²) in [6.07, 6.45) is 0. The van der Waals surface area contributed by atoms with Crippen molar-refractivity contribution in [2.24, 2.45) is 0 Å². The highest BCUT2D eigenvalue weighted by molar-refractivity contribution is 5.51. The third-order valence-electron chi connectivity index (χ3n) is 2.86. The van der Waals surface area contributed by atoms with Gasteiger partial charge in [0.1, 0.15) is 0 Å². The number of phenols is 1. The van der Waals surface area contributed by atoms with E-state index in [1.54, 1.807) is 19.2 Å². The molecule has 0 aromatic heterocycles. The molecule has 2 aromatic rings. The van der Waals surface area contributed by atoms with Crippen molar-refractivity contribution >= 4 is 5.69 Å². The highest BCUT2D eigenvalue weighted by Gasteiger charge is 2.07. The molecule has 0 aliphatic heterocycles. The molecule has 2 aromatic carbocycles. The van der Waals surface area contributed by atoms with Crippen molar-refractivity contribution < 1.29 is 14.2 Å². The van der Waals surface area contributed by atoms with Gasteiger partial charge in [-0.15, -0.1) is 0 Å². The number of rotatable bonds is 5. The summed E-state index contributed by atoms with van der Waals surface area (Å²) in [6.45, 7) is 0.850. The highest BCUT2D eigenvalue weighted by atomic mass is 19.1. The summed E-state index contributed by atoms with van der Waals surface area (Å²) in [5.74, 6) is -0.913. The Kier molecular flexibility index (Phi) is 4.36. The molecule has 0 atom stereocenters. The zero-order valence-corrected chi connectivity index (χ0v) is 10.7. The van der Waals surface area contributed by atoms with E-state index < -0.39 is 5.82 Å². The monoisotopic (exact) mass is 261 g/mol. The summed E-state index contributed by atoms with van der Waals surface area (Å²) in [5.41, 5.74) is 2.45. The maximum Gasteiger partial charge on any atom is 0.165 e. The van der Waals surface area contributed by atoms with E-state index in [-0.39, 0.29) is 5.75 Å². The summed E-state index contributed by atoms with van der Waals surface area (Å²) in [6, 6.07) is 12.2. The van der Waals surface area contributed by atoms with Gasteiger partial charge in [-0.3, -0.25) is 0 Å². The lowest BCUT2D eigenvalue weighted by Gasteiger charge is -2.12. The Morgan fingerprint density at radius 2 is 1.84 bits per heavy atom. The van der Waals surface area contributed by atoms with E-state index in [2.05, 4.69) is 5.32 Å². The number of hydrogen-bond donors (Lipinski definition) is 2. The molecule has 3 nitrogen and oxygen atoms in total. The van der Waals surface area contributed by atoms with Crippen LogP contribution in [0.4, 0.5) is 10.1 Å². The lowest BCUT2D eigenvalue weighted by atomic mass is 10.1. The predicted octanol–water partition coefficient (Wildman–Crippen LogP) is 3.29. The van der Waals surface area contributed by atoms with Crippen molar-refractivity contribution in [2.45, 2.75) is 13.2 Å². The molecule has 0 radical (unpaired) electrons. The molecular weight excluding hydrogens is 245 g/mol. The van der Waals surface area contributed by atoms with Crippen LogP contribution in [0.25, 0.3) is 0 Å². The molecule has 0 aliphatic carbocycles. The van der Waals surface area contributed by atoms with Crippen LogP contribution in [0.3, 0.4) is 0 Å². The lowest BCUT2D eigenvalue weighted by Crippen LogP contribution is -2.03. The molecule has 4 heteroatoms. The number of methoxy groups -OCH3 is 1. The third-order valence-corrected chi connectivity index (χ3v) is 2.86. The fraction of sp³-hybridized carbons (Fsp3) is 0.200. The Labute approximate surface area is 111 Å². The zero-order chi connectivity index (χ0) is 13.7. The first-order valence-corrected chi connectivity index (χ1v) is 5.99. The minimum atomic E-state index is -0.607. The van der Waals surface area contributed by atoms with Crippen LogP contribution in [0.1, 0.15) is 11.1 Å². The second-order valence-corrected chi connectivity index (χ2v) is 4.19. The largest absolute Gasteiger partial charge is 0.505 e. The summed E-state index contributed by atoms with van der Waals surface area (Å²) in [5, 5.41) is 12.8. The van der Waals surface area contributed by atoms with Crippen molar-refractivity contribution in [3.8, 4) is 5.75 Å². The molecule has 0 unspecified atom stereocenters. The molecule has 0 bridgehead atoms. The second-order valence-electron chi connectivity index (χ2n) is 4.19. The van der Waals surface area contributed by atoms with Gasteiger partial charge in [0.25, 0.3) is 0 Å². The van der Waals surface area contributed by atoms with Crippen LogP contribution in [-0.4, -0.2) is 12.2 Å². The number of phenolic OH excluding ortho intramolecular Hbond substituents is 1. The Morgan fingerprint density at radius 3 is 2.63 bits per heavy atom. The number of ether oxygens (including phenoxy) is 1. The molecule has 0 aliphatic rings. The minimum Gasteiger partial charge on any atom is -0.505 e. The molecule has 0 heterocycles. The van der Waals surface area contributed by atoms with E-state index in [0.29, 0.717) is 18.7 Å². The fourth-order valence-electron chi connectivity index (χ4n) is 1.87. The van der Waals surface area contributed by atoms with Gasteiger partial charge in [-0.1, -0.05) is 30.3 Å². The third kappa shape index (κ3) is 3.23. The van der Waals surface area contributed by atoms with Gasteiger partial charge in [-0.2, -0.15) is 0 Å². The van der Waals surface area contributed by atoms with E-state index >= 15 is 0 Å². The van der Waals surface area contributed by atoms with Gasteiger partial charge in [-0.05, 0) is 12.1 Å². The van der Waals surface area contributed by atoms with Crippen molar-refractivity contribution in [1.29, 1.82) is 0 Å². The second kappa shape index (κ2) is 6.20. The minimum absolute atomic E-state index is 0.306. The molecule has 0 saturated carbocycles. The zero-order valence-electron chi connectivity index (χ0n) is 10.7. The molecule has 2 N–H and O–H groups in total. The smallest absolute Gasteiger partial charge is 0.165 e. The summed E-state index contributed by atoms with van der Waals surface area (Å²) in [4.78, 5) is 0. The number of para-hydroxylation sites is 2. The van der Waals surface area contributed by atoms with Crippen LogP contribution in [0.2, 0.25) is 0 Å². The lowest BCUT2D eigenvalue weighted by molar-refractivity contribution is 0.185. The summed E-state index contributed by atoms with van der Waals surface area (Å²) in [7, 11) is 1.63. The standard InChI is InChI=1S/C15H16FNO2/c1-19-10-12-5-2-3-8-14(12)17-9-11-6-4-7-13(16)15(11)18/h2-8,17-18H,9-10H2,1H3. The van der Waals surface area contributed by atoms with Crippen LogP contribution in [0.15, 0.2) is 42.5 Å². The van der Waals surface area contributed by atoms with E-state index in [1.165, 1.54) is 6.07 Å². The van der Waals surface area contributed by atoms with Gasteiger partial charge in [0, 0.05) is 30.5 Å². The number of hydrogen-bond acceptors (Lipinski definition) is 3. The first-order chi connectivity index (χ1) is 9.22. The van der Waals surface area contributed by atoms with Crippen molar-refractivity contribution in [3.05, 3.63) is 59.4 Å². The topological polar surface area (TPSA) is 41.5 Å². The van der Waals surface area contributed by atoms with Crippen LogP contribution in [0, 0.1) is 5.82 Å². The fourth-order valence-corrected chi connectivity index (χ4v) is 1.87. The SMILES string of the molecule is COCc1ccccc1NCc1cccc(F)c1O. The molecule has 2 rings (SSSR count). The van der Waals surface area contributed by atoms with Gasteiger partial charge >= 0.3 is 0 Å². The predicted molar refractivity (Wildman–Crippen MR) is 72.5 cm³/mol. The quantitative estimate of drug-likeness (QED) is 0.867. The molecule has 100 valence electrons. The first-order valence-electron chi connectivity index (χ1n) is 5.99. The van der Waals surface area contributed by atoms with E-state index in [9.17, 15) is 9.50 Å². The number of halogens is 1. The average molecular weight is 261 g/mol. The Morgan fingerprint density at radius 1 is 1.11 bits per heavy atom. The number of aromatic hydroxyl groups is 1. The van der Waals surface area contributed by atoms with Gasteiger partial charge in [0.15, 0.2) is 11.6 Å². The molecule has 19 heavy (non-hydrogen) atoms. The van der Waals surface area contributed by atoms with Crippen LogP contribution in [0.5, 0.6) is 5.75 Å². The van der Waals surface area contributed by atoms with Crippen LogP contribution >= 0.6 is 0 Å². The molecular formula is C15H16FNO2. The van der Waals surface area contributed by atoms with Crippen molar-refractivity contribution in [1.82, 2.24) is 0 Å². The maximum absolute atomic E-state index is 13.2. The van der Waals surface area contributed by atoms with Crippen LogP contribution < -0.4 is 5.32 Å². The van der Waals surface area contributed by atoms with Crippen molar-refractivity contribution in [3.63, 3.8) is 0 Å². The normalized spacial score (nSPS) is 10.4. The summed E-state index contributed by atoms with van der Waals surface area (Å²) >= 11 is 0. The van der Waals surface area contributed by atoms with Gasteiger partial charge < -0.3 is 15.2 Å².